The molecule has 23 heavy (non-hydrogen) atoms. The number of pyridine rings is 1. The van der Waals surface area contributed by atoms with Crippen LogP contribution in [0.3, 0.4) is 0 Å². The molecule has 1 aromatic heterocycles. The van der Waals surface area contributed by atoms with Crippen LogP contribution in [0.15, 0.2) is 24.4 Å². The summed E-state index contributed by atoms with van der Waals surface area (Å²) >= 11 is 0. The summed E-state index contributed by atoms with van der Waals surface area (Å²) in [4.78, 5) is 18.3. The Hall–Kier alpha value is -1.43. The predicted molar refractivity (Wildman–Crippen MR) is 91.5 cm³/mol. The molecule has 0 aliphatic carbocycles. The first-order valence-electron chi connectivity index (χ1n) is 8.09. The molecule has 1 aliphatic heterocycles. The van der Waals surface area contributed by atoms with Crippen LogP contribution >= 0.6 is 0 Å². The van der Waals surface area contributed by atoms with Gasteiger partial charge in [-0.05, 0) is 52.2 Å². The first-order chi connectivity index (χ1) is 10.8. The van der Waals surface area contributed by atoms with Gasteiger partial charge >= 0.3 is 6.09 Å². The van der Waals surface area contributed by atoms with Crippen LogP contribution in [0, 0.1) is 0 Å². The first-order valence-corrected chi connectivity index (χ1v) is 9.58. The second-order valence-electron chi connectivity index (χ2n) is 6.90. The third-order valence-corrected chi connectivity index (χ3v) is 5.04. The number of aromatic nitrogens is 1. The van der Waals surface area contributed by atoms with Crippen LogP contribution in [-0.4, -0.2) is 44.1 Å². The lowest BCUT2D eigenvalue weighted by molar-refractivity contribution is 0.0125. The van der Waals surface area contributed by atoms with Crippen LogP contribution in [-0.2, 0) is 21.3 Å². The molecular weight excluding hydrogens is 312 g/mol. The van der Waals surface area contributed by atoms with Gasteiger partial charge in [-0.2, -0.15) is 0 Å². The molecule has 1 amide bonds. The third-order valence-electron chi connectivity index (χ3n) is 3.67. The zero-order valence-corrected chi connectivity index (χ0v) is 15.0. The molecule has 1 aliphatic rings. The molecule has 0 N–H and O–H groups in total. The predicted octanol–water partition coefficient (Wildman–Crippen LogP) is 3.12. The zero-order valence-electron chi connectivity index (χ0n) is 14.2. The van der Waals surface area contributed by atoms with Gasteiger partial charge < -0.3 is 9.64 Å². The Morgan fingerprint density at radius 1 is 1.39 bits per heavy atom. The molecule has 0 radical (unpaired) electrons. The van der Waals surface area contributed by atoms with Crippen molar-refractivity contribution in [2.24, 2.45) is 0 Å². The molecule has 0 saturated carbocycles. The Labute approximate surface area is 140 Å². The van der Waals surface area contributed by atoms with Crippen molar-refractivity contribution in [3.05, 3.63) is 30.1 Å². The zero-order chi connectivity index (χ0) is 16.9. The minimum Gasteiger partial charge on any atom is -0.444 e. The van der Waals surface area contributed by atoms with Gasteiger partial charge in [-0.3, -0.25) is 9.19 Å². The van der Waals surface area contributed by atoms with Gasteiger partial charge in [0.15, 0.2) is 0 Å². The molecule has 0 bridgehead atoms. The van der Waals surface area contributed by atoms with Crippen LogP contribution in [0.5, 0.6) is 0 Å². The standard InChI is InChI=1S/C17H26N2O3S/c1-17(2,3)22-16(20)19-11-7-5-9-15(19)13-23(21)12-14-8-4-6-10-18-14/h4,6,8,10,15H,5,7,9,11-13H2,1-3H3. The smallest absolute Gasteiger partial charge is 0.410 e. The molecule has 1 saturated heterocycles. The minimum atomic E-state index is -1.04. The molecule has 0 aromatic carbocycles. The van der Waals surface area contributed by atoms with E-state index in [0.29, 0.717) is 18.1 Å². The lowest BCUT2D eigenvalue weighted by Gasteiger charge is -2.36. The van der Waals surface area contributed by atoms with E-state index in [-0.39, 0.29) is 12.1 Å². The number of nitrogens with zero attached hydrogens (tertiary/aromatic N) is 2. The number of rotatable bonds is 4. The molecule has 5 nitrogen and oxygen atoms in total. The minimum absolute atomic E-state index is 0.0110. The van der Waals surface area contributed by atoms with Crippen LogP contribution in [0.1, 0.15) is 45.7 Å². The normalized spacial score (nSPS) is 20.1. The molecular formula is C17H26N2O3S. The van der Waals surface area contributed by atoms with Gasteiger partial charge in [0.1, 0.15) is 5.60 Å². The SMILES string of the molecule is CC(C)(C)OC(=O)N1CCCCC1CS(=O)Cc1ccccn1. The number of ether oxygens (including phenoxy) is 1. The maximum absolute atomic E-state index is 12.4. The maximum Gasteiger partial charge on any atom is 0.410 e. The van der Waals surface area contributed by atoms with Gasteiger partial charge in [-0.15, -0.1) is 0 Å². The summed E-state index contributed by atoms with van der Waals surface area (Å²) in [6.45, 7) is 6.27. The quantitative estimate of drug-likeness (QED) is 0.846. The third kappa shape index (κ3) is 5.94. The number of piperidine rings is 1. The fourth-order valence-corrected chi connectivity index (χ4v) is 4.05. The van der Waals surface area contributed by atoms with E-state index in [1.807, 2.05) is 39.0 Å². The summed E-state index contributed by atoms with van der Waals surface area (Å²) < 4.78 is 17.9. The van der Waals surface area contributed by atoms with E-state index < -0.39 is 16.4 Å². The lowest BCUT2D eigenvalue weighted by Crippen LogP contribution is -2.48. The highest BCUT2D eigenvalue weighted by molar-refractivity contribution is 7.84. The topological polar surface area (TPSA) is 59.5 Å². The van der Waals surface area contributed by atoms with Crippen molar-refractivity contribution >= 4 is 16.9 Å². The number of carbonyl (C=O) groups excluding carboxylic acids is 1. The molecule has 128 valence electrons. The van der Waals surface area contributed by atoms with Crippen molar-refractivity contribution in [2.75, 3.05) is 12.3 Å². The molecule has 2 atom stereocenters. The maximum atomic E-state index is 12.4. The van der Waals surface area contributed by atoms with E-state index in [4.69, 9.17) is 4.74 Å². The summed E-state index contributed by atoms with van der Waals surface area (Å²) in [5.41, 5.74) is 0.317. The van der Waals surface area contributed by atoms with Crippen molar-refractivity contribution in [1.29, 1.82) is 0 Å². The van der Waals surface area contributed by atoms with Gasteiger partial charge in [-0.25, -0.2) is 4.79 Å². The number of hydrogen-bond acceptors (Lipinski definition) is 4. The van der Waals surface area contributed by atoms with Crippen molar-refractivity contribution < 1.29 is 13.7 Å². The summed E-state index contributed by atoms with van der Waals surface area (Å²) in [7, 11) is -1.04. The average Bonchev–Trinajstić information content (AvgIpc) is 2.47. The van der Waals surface area contributed by atoms with Gasteiger partial charge in [-0.1, -0.05) is 6.07 Å². The largest absolute Gasteiger partial charge is 0.444 e. The first kappa shape index (κ1) is 17.9. The van der Waals surface area contributed by atoms with E-state index >= 15 is 0 Å². The highest BCUT2D eigenvalue weighted by Crippen LogP contribution is 2.21. The highest BCUT2D eigenvalue weighted by atomic mass is 32.2. The molecule has 6 heteroatoms. The van der Waals surface area contributed by atoms with E-state index in [0.717, 1.165) is 25.0 Å². The Bertz CT molecular complexity index is 543. The van der Waals surface area contributed by atoms with Crippen LogP contribution in [0.25, 0.3) is 0 Å². The van der Waals surface area contributed by atoms with E-state index in [1.165, 1.54) is 0 Å². The van der Waals surface area contributed by atoms with E-state index in [1.54, 1.807) is 11.1 Å². The van der Waals surface area contributed by atoms with Gasteiger partial charge in [0.25, 0.3) is 0 Å². The van der Waals surface area contributed by atoms with E-state index in [9.17, 15) is 9.00 Å². The second kappa shape index (κ2) is 7.90. The monoisotopic (exact) mass is 338 g/mol. The fraction of sp³-hybridized carbons (Fsp3) is 0.647. The molecule has 2 unspecified atom stereocenters. The van der Waals surface area contributed by atoms with Crippen molar-refractivity contribution in [3.63, 3.8) is 0 Å². The summed E-state index contributed by atoms with van der Waals surface area (Å²) in [5, 5.41) is 0. The van der Waals surface area contributed by atoms with Crippen molar-refractivity contribution in [1.82, 2.24) is 9.88 Å². The summed E-state index contributed by atoms with van der Waals surface area (Å²) in [6.07, 6.45) is 4.33. The molecule has 1 aromatic rings. The number of likely N-dealkylation sites (tertiary alicyclic amines) is 1. The average molecular weight is 338 g/mol. The number of hydrogen-bond donors (Lipinski definition) is 0. The van der Waals surface area contributed by atoms with Crippen LogP contribution < -0.4 is 0 Å². The fourth-order valence-electron chi connectivity index (χ4n) is 2.66. The number of amides is 1. The van der Waals surface area contributed by atoms with Crippen LogP contribution in [0.2, 0.25) is 0 Å². The summed E-state index contributed by atoms with van der Waals surface area (Å²) in [5.74, 6) is 0.912. The van der Waals surface area contributed by atoms with Gasteiger partial charge in [0.05, 0.1) is 11.4 Å². The Balaban J connectivity index is 1.95. The Morgan fingerprint density at radius 2 is 2.17 bits per heavy atom. The molecule has 0 spiro atoms. The highest BCUT2D eigenvalue weighted by Gasteiger charge is 2.31. The van der Waals surface area contributed by atoms with Gasteiger partial charge in [0.2, 0.25) is 0 Å². The molecule has 2 heterocycles. The van der Waals surface area contributed by atoms with Gasteiger partial charge in [0, 0.05) is 35.3 Å². The van der Waals surface area contributed by atoms with Crippen molar-refractivity contribution in [2.45, 2.75) is 57.4 Å². The second-order valence-corrected chi connectivity index (χ2v) is 8.40. The lowest BCUT2D eigenvalue weighted by atomic mass is 10.0. The molecule has 2 rings (SSSR count). The van der Waals surface area contributed by atoms with E-state index in [2.05, 4.69) is 4.98 Å². The van der Waals surface area contributed by atoms with Crippen LogP contribution in [0.4, 0.5) is 4.79 Å². The molecule has 1 fully saturated rings. The number of carbonyl (C=O) groups is 1. The Morgan fingerprint density at radius 3 is 2.83 bits per heavy atom. The Kier molecular flexibility index (Phi) is 6.16. The summed E-state index contributed by atoms with van der Waals surface area (Å²) in [6, 6.07) is 5.61. The van der Waals surface area contributed by atoms with Crippen molar-refractivity contribution in [3.8, 4) is 0 Å².